The quantitative estimate of drug-likeness (QED) is 0.141. The Labute approximate surface area is 321 Å². The lowest BCUT2D eigenvalue weighted by molar-refractivity contribution is -0.111. The van der Waals surface area contributed by atoms with E-state index in [1.54, 1.807) is 19.2 Å². The number of nitrogens with one attached hydrogen (secondary N) is 2. The highest BCUT2D eigenvalue weighted by molar-refractivity contribution is 6.02. The van der Waals surface area contributed by atoms with Gasteiger partial charge in [-0.05, 0) is 80.5 Å². The first-order chi connectivity index (χ1) is 26.9. The molecular weight excluding hydrogens is 700 g/mol. The average molecular weight is 749 g/mol. The summed E-state index contributed by atoms with van der Waals surface area (Å²) in [5.74, 6) is 2.22. The lowest BCUT2D eigenvalue weighted by Crippen LogP contribution is -2.53. The molecule has 288 valence electrons. The third-order valence-electron chi connectivity index (χ3n) is 11.1. The van der Waals surface area contributed by atoms with Gasteiger partial charge in [-0.15, -0.1) is 0 Å². The molecule has 1 amide bonds. The van der Waals surface area contributed by atoms with Gasteiger partial charge >= 0.3 is 0 Å². The molecule has 1 aliphatic carbocycles. The smallest absolute Gasteiger partial charge is 0.247 e. The predicted octanol–water partition coefficient (Wildman–Crippen LogP) is 6.79. The van der Waals surface area contributed by atoms with Crippen LogP contribution in [0.4, 0.5) is 33.1 Å². The molecule has 4 aliphatic rings. The number of rotatable bonds is 13. The van der Waals surface area contributed by atoms with Gasteiger partial charge in [-0.25, -0.2) is 19.4 Å². The fraction of sp³-hybridized carbons (Fsp3) is 0.405. The Bertz CT molecular complexity index is 1980. The number of piperidine rings is 1. The van der Waals surface area contributed by atoms with Crippen molar-refractivity contribution < 1.29 is 23.5 Å². The molecule has 55 heavy (non-hydrogen) atoms. The Morgan fingerprint density at radius 2 is 1.62 bits per heavy atom. The molecular formula is C42H49FN8O4. The van der Waals surface area contributed by atoms with Crippen LogP contribution in [0.2, 0.25) is 0 Å². The van der Waals surface area contributed by atoms with E-state index in [0.717, 1.165) is 62.7 Å². The number of hydrogen-bond donors (Lipinski definition) is 2. The van der Waals surface area contributed by atoms with Crippen molar-refractivity contribution in [2.45, 2.75) is 56.7 Å². The minimum atomic E-state index is -0.347. The van der Waals surface area contributed by atoms with Crippen LogP contribution in [0.1, 0.15) is 37.7 Å². The van der Waals surface area contributed by atoms with Crippen LogP contribution in [0.3, 0.4) is 0 Å². The van der Waals surface area contributed by atoms with Crippen LogP contribution in [-0.2, 0) is 16.1 Å². The summed E-state index contributed by atoms with van der Waals surface area (Å²) in [6.07, 6.45) is 9.14. The zero-order chi connectivity index (χ0) is 37.7. The van der Waals surface area contributed by atoms with Crippen molar-refractivity contribution >= 4 is 34.6 Å². The zero-order valence-corrected chi connectivity index (χ0v) is 31.3. The SMILES string of the molecule is C=CC(=O)Nc1cc(Nc2cc(N3OCCC3Cc3cccc(Oc4cccc(F)c4)c3)ncn2)c(OC)cc1N1CCC(N2CCN(C3CC3)CC2)CC1. The molecule has 0 radical (unpaired) electrons. The molecule has 3 aliphatic heterocycles. The molecule has 0 spiro atoms. The van der Waals surface area contributed by atoms with E-state index in [2.05, 4.69) is 41.9 Å². The van der Waals surface area contributed by atoms with E-state index in [1.165, 1.54) is 50.5 Å². The summed E-state index contributed by atoms with van der Waals surface area (Å²) in [4.78, 5) is 35.5. The second kappa shape index (κ2) is 16.6. The van der Waals surface area contributed by atoms with Crippen molar-refractivity contribution in [3.8, 4) is 17.2 Å². The molecule has 4 aromatic rings. The van der Waals surface area contributed by atoms with Gasteiger partial charge in [-0.3, -0.25) is 19.4 Å². The van der Waals surface area contributed by atoms with Crippen LogP contribution < -0.4 is 30.1 Å². The van der Waals surface area contributed by atoms with Crippen molar-refractivity contribution in [3.63, 3.8) is 0 Å². The number of piperazine rings is 1. The summed E-state index contributed by atoms with van der Waals surface area (Å²) in [6.45, 7) is 10.7. The number of nitrogens with zero attached hydrogens (tertiary/aromatic N) is 6. The predicted molar refractivity (Wildman–Crippen MR) is 212 cm³/mol. The Kier molecular flexibility index (Phi) is 11.1. The van der Waals surface area contributed by atoms with E-state index >= 15 is 0 Å². The average Bonchev–Trinajstić information content (AvgIpc) is 3.96. The van der Waals surface area contributed by atoms with Gasteiger partial charge in [-0.2, -0.15) is 0 Å². The van der Waals surface area contributed by atoms with Crippen LogP contribution in [0.25, 0.3) is 0 Å². The molecule has 1 saturated carbocycles. The third kappa shape index (κ3) is 8.85. The Balaban J connectivity index is 0.952. The number of anilines is 5. The fourth-order valence-electron chi connectivity index (χ4n) is 8.06. The molecule has 2 N–H and O–H groups in total. The molecule has 3 aromatic carbocycles. The van der Waals surface area contributed by atoms with Crippen molar-refractivity contribution in [1.29, 1.82) is 0 Å². The number of carbonyl (C=O) groups excluding carboxylic acids is 1. The van der Waals surface area contributed by atoms with Gasteiger partial charge in [0.25, 0.3) is 0 Å². The molecule has 3 saturated heterocycles. The Hall–Kier alpha value is -5.24. The third-order valence-corrected chi connectivity index (χ3v) is 11.1. The van der Waals surface area contributed by atoms with Gasteiger partial charge in [0, 0.05) is 69.6 Å². The summed E-state index contributed by atoms with van der Waals surface area (Å²) < 4.78 is 25.6. The van der Waals surface area contributed by atoms with Gasteiger partial charge < -0.3 is 25.0 Å². The van der Waals surface area contributed by atoms with Crippen LogP contribution in [0.5, 0.6) is 17.2 Å². The largest absolute Gasteiger partial charge is 0.494 e. The molecule has 8 rings (SSSR count). The van der Waals surface area contributed by atoms with Gasteiger partial charge in [0.2, 0.25) is 5.91 Å². The van der Waals surface area contributed by atoms with E-state index in [9.17, 15) is 9.18 Å². The standard InChI is InChI=1S/C42H49FN8O4/c1-3-42(52)47-36-25-37(39(53-2)26-38(36)50-15-12-32(13-16-50)49-19-17-48(18-20-49)31-10-11-31)46-40-27-41(45-28-44-40)51-33(14-21-54-51)22-29-6-4-8-34(23-29)55-35-9-5-7-30(43)24-35/h3-9,23-28,31-33H,1,10-22H2,2H3,(H,47,52)(H,44,45,46). The lowest BCUT2D eigenvalue weighted by atomic mass is 10.0. The zero-order valence-electron chi connectivity index (χ0n) is 31.3. The number of methoxy groups -OCH3 is 1. The van der Waals surface area contributed by atoms with Crippen LogP contribution in [-0.4, -0.2) is 96.8 Å². The summed E-state index contributed by atoms with van der Waals surface area (Å²) in [5.41, 5.74) is 3.28. The molecule has 4 fully saturated rings. The molecule has 1 aromatic heterocycles. The number of halogens is 1. The molecule has 13 heteroatoms. The lowest BCUT2D eigenvalue weighted by Gasteiger charge is -2.43. The monoisotopic (exact) mass is 748 g/mol. The number of benzene rings is 3. The van der Waals surface area contributed by atoms with E-state index in [0.29, 0.717) is 59.3 Å². The van der Waals surface area contributed by atoms with E-state index < -0.39 is 0 Å². The highest BCUT2D eigenvalue weighted by atomic mass is 19.1. The maximum atomic E-state index is 13.7. The maximum Gasteiger partial charge on any atom is 0.247 e. The van der Waals surface area contributed by atoms with Gasteiger partial charge in [0.05, 0.1) is 36.8 Å². The highest BCUT2D eigenvalue weighted by Gasteiger charge is 2.34. The van der Waals surface area contributed by atoms with Crippen molar-refractivity contribution in [3.05, 3.63) is 97.1 Å². The summed E-state index contributed by atoms with van der Waals surface area (Å²) in [7, 11) is 1.64. The Morgan fingerprint density at radius 3 is 2.33 bits per heavy atom. The number of hydrogen-bond acceptors (Lipinski definition) is 11. The normalized spacial score (nSPS) is 19.6. The highest BCUT2D eigenvalue weighted by Crippen LogP contribution is 2.40. The first-order valence-electron chi connectivity index (χ1n) is 19.3. The first kappa shape index (κ1) is 36.7. The molecule has 0 bridgehead atoms. The maximum absolute atomic E-state index is 13.7. The first-order valence-corrected chi connectivity index (χ1v) is 19.3. The van der Waals surface area contributed by atoms with Crippen LogP contribution >= 0.6 is 0 Å². The van der Waals surface area contributed by atoms with Gasteiger partial charge in [0.15, 0.2) is 5.82 Å². The number of amides is 1. The number of ether oxygens (including phenoxy) is 2. The van der Waals surface area contributed by atoms with Crippen LogP contribution in [0.15, 0.2) is 85.7 Å². The van der Waals surface area contributed by atoms with E-state index in [4.69, 9.17) is 14.3 Å². The molecule has 1 atom stereocenters. The Morgan fingerprint density at radius 1 is 0.891 bits per heavy atom. The van der Waals surface area contributed by atoms with Crippen LogP contribution in [0, 0.1) is 5.82 Å². The number of carbonyl (C=O) groups is 1. The van der Waals surface area contributed by atoms with Gasteiger partial charge in [0.1, 0.15) is 35.2 Å². The fourth-order valence-corrected chi connectivity index (χ4v) is 8.06. The summed E-state index contributed by atoms with van der Waals surface area (Å²) >= 11 is 0. The van der Waals surface area contributed by atoms with Crippen molar-refractivity contribution in [2.24, 2.45) is 0 Å². The van der Waals surface area contributed by atoms with Crippen molar-refractivity contribution in [1.82, 2.24) is 19.8 Å². The second-order valence-corrected chi connectivity index (χ2v) is 14.7. The van der Waals surface area contributed by atoms with Crippen molar-refractivity contribution in [2.75, 3.05) is 73.6 Å². The minimum absolute atomic E-state index is 0.0122. The number of hydroxylamine groups is 1. The summed E-state index contributed by atoms with van der Waals surface area (Å²) in [6, 6.07) is 21.0. The molecule has 12 nitrogen and oxygen atoms in total. The minimum Gasteiger partial charge on any atom is -0.494 e. The topological polar surface area (TPSA) is 108 Å². The summed E-state index contributed by atoms with van der Waals surface area (Å²) in [5, 5.41) is 8.28. The van der Waals surface area contributed by atoms with E-state index in [-0.39, 0.29) is 17.8 Å². The number of aromatic nitrogens is 2. The molecule has 1 unspecified atom stereocenters. The van der Waals surface area contributed by atoms with Gasteiger partial charge in [-0.1, -0.05) is 24.8 Å². The molecule has 4 heterocycles. The van der Waals surface area contributed by atoms with E-state index in [1.807, 2.05) is 47.5 Å². The second-order valence-electron chi connectivity index (χ2n) is 14.7.